The Morgan fingerprint density at radius 1 is 1.24 bits per heavy atom. The molecule has 2 aliphatic rings. The Hall–Kier alpha value is -2.69. The molecule has 1 aliphatic carbocycles. The number of nitriles is 1. The summed E-state index contributed by atoms with van der Waals surface area (Å²) >= 11 is 1.35. The third-order valence-corrected chi connectivity index (χ3v) is 10.0. The number of alkyl halides is 3. The van der Waals surface area contributed by atoms with Crippen molar-refractivity contribution in [3.8, 4) is 11.9 Å². The molecule has 1 aromatic carbocycles. The van der Waals surface area contributed by atoms with E-state index in [1.165, 1.54) is 28.8 Å². The van der Waals surface area contributed by atoms with E-state index in [4.69, 9.17) is 4.74 Å². The first-order chi connectivity index (χ1) is 17.2. The van der Waals surface area contributed by atoms with E-state index in [0.29, 0.717) is 37.3 Å². The number of ether oxygens (including phenoxy) is 1. The number of sulfonamides is 1. The molecular formula is C24H28F3N5O3S2. The van der Waals surface area contributed by atoms with Gasteiger partial charge in [-0.2, -0.15) is 28.4 Å². The maximum atomic E-state index is 13.4. The lowest BCUT2D eigenvalue weighted by atomic mass is 9.95. The molecule has 0 unspecified atom stereocenters. The SMILES string of the molecule is COc1ccc(C(F)(F)F)cc1C(/N=c1\sc(C(C)(C)C)cn1CC1CN(S(=O)(=O)C2CC2)C1)=N\C#N. The zero-order chi connectivity index (χ0) is 27.2. The van der Waals surface area contributed by atoms with Crippen LogP contribution in [0.15, 0.2) is 34.4 Å². The molecule has 0 N–H and O–H groups in total. The Kier molecular flexibility index (Phi) is 7.31. The van der Waals surface area contributed by atoms with Crippen LogP contribution in [0.25, 0.3) is 0 Å². The molecule has 0 radical (unpaired) electrons. The van der Waals surface area contributed by atoms with Gasteiger partial charge in [-0.05, 0) is 36.5 Å². The van der Waals surface area contributed by atoms with E-state index < -0.39 is 21.8 Å². The molecule has 4 rings (SSSR count). The van der Waals surface area contributed by atoms with Gasteiger partial charge in [0.15, 0.2) is 10.6 Å². The number of thiazole rings is 1. The fourth-order valence-corrected chi connectivity index (χ4v) is 7.04. The molecular weight excluding hydrogens is 527 g/mol. The largest absolute Gasteiger partial charge is 0.496 e. The summed E-state index contributed by atoms with van der Waals surface area (Å²) in [5.74, 6) is -0.0350. The number of hydrogen-bond acceptors (Lipinski definition) is 6. The molecule has 1 aromatic heterocycles. The van der Waals surface area contributed by atoms with Crippen LogP contribution in [0.1, 0.15) is 49.6 Å². The van der Waals surface area contributed by atoms with Crippen LogP contribution in [0.5, 0.6) is 5.75 Å². The van der Waals surface area contributed by atoms with Gasteiger partial charge in [0.05, 0.1) is 23.5 Å². The highest BCUT2D eigenvalue weighted by Gasteiger charge is 2.45. The second kappa shape index (κ2) is 9.89. The van der Waals surface area contributed by atoms with E-state index in [1.54, 1.807) is 6.19 Å². The van der Waals surface area contributed by atoms with Gasteiger partial charge in [0.2, 0.25) is 16.2 Å². The summed E-state index contributed by atoms with van der Waals surface area (Å²) in [7, 11) is -1.91. The minimum Gasteiger partial charge on any atom is -0.496 e. The summed E-state index contributed by atoms with van der Waals surface area (Å²) in [5, 5.41) is 9.04. The number of benzene rings is 1. The van der Waals surface area contributed by atoms with Crippen LogP contribution >= 0.6 is 11.3 Å². The molecule has 13 heteroatoms. The van der Waals surface area contributed by atoms with Gasteiger partial charge in [-0.3, -0.25) is 0 Å². The van der Waals surface area contributed by atoms with E-state index in [-0.39, 0.29) is 33.7 Å². The molecule has 2 heterocycles. The van der Waals surface area contributed by atoms with Crippen LogP contribution in [0.3, 0.4) is 0 Å². The Morgan fingerprint density at radius 3 is 2.46 bits per heavy atom. The topological polar surface area (TPSA) is 100 Å². The van der Waals surface area contributed by atoms with E-state index in [0.717, 1.165) is 17.0 Å². The molecule has 0 amide bonds. The maximum Gasteiger partial charge on any atom is 0.416 e. The van der Waals surface area contributed by atoms with Crippen molar-refractivity contribution in [3.63, 3.8) is 0 Å². The van der Waals surface area contributed by atoms with Crippen molar-refractivity contribution in [2.45, 2.75) is 57.0 Å². The van der Waals surface area contributed by atoms with Gasteiger partial charge in [-0.25, -0.2) is 12.7 Å². The van der Waals surface area contributed by atoms with Crippen LogP contribution in [-0.2, 0) is 28.2 Å². The Balaban J connectivity index is 1.72. The first-order valence-corrected chi connectivity index (χ1v) is 14.0. The number of amidine groups is 1. The summed E-state index contributed by atoms with van der Waals surface area (Å²) in [6.07, 6.45) is 0.378. The average molecular weight is 556 g/mol. The number of nitrogens with zero attached hydrogens (tertiary/aromatic N) is 5. The van der Waals surface area contributed by atoms with Gasteiger partial charge < -0.3 is 9.30 Å². The lowest BCUT2D eigenvalue weighted by molar-refractivity contribution is -0.137. The summed E-state index contributed by atoms with van der Waals surface area (Å²) in [5.41, 5.74) is -1.20. The number of hydrogen-bond donors (Lipinski definition) is 0. The van der Waals surface area contributed by atoms with Gasteiger partial charge in [-0.1, -0.05) is 20.8 Å². The zero-order valence-corrected chi connectivity index (χ0v) is 22.5. The minimum absolute atomic E-state index is 0.0542. The molecule has 1 aliphatic heterocycles. The molecule has 0 atom stereocenters. The third-order valence-electron chi connectivity index (χ3n) is 6.27. The first-order valence-electron chi connectivity index (χ1n) is 11.7. The van der Waals surface area contributed by atoms with Crippen LogP contribution in [0, 0.1) is 17.4 Å². The molecule has 8 nitrogen and oxygen atoms in total. The van der Waals surface area contributed by atoms with E-state index in [9.17, 15) is 26.9 Å². The quantitative estimate of drug-likeness (QED) is 0.304. The second-order valence-electron chi connectivity index (χ2n) is 10.3. The van der Waals surface area contributed by atoms with E-state index >= 15 is 0 Å². The van der Waals surface area contributed by atoms with Gasteiger partial charge in [0.25, 0.3) is 0 Å². The van der Waals surface area contributed by atoms with Crippen LogP contribution < -0.4 is 9.54 Å². The number of rotatable bonds is 6. The second-order valence-corrected chi connectivity index (χ2v) is 13.5. The predicted octanol–water partition coefficient (Wildman–Crippen LogP) is 4.13. The molecule has 200 valence electrons. The third kappa shape index (κ3) is 5.91. The van der Waals surface area contributed by atoms with Crippen molar-refractivity contribution < 1.29 is 26.3 Å². The molecule has 0 bridgehead atoms. The summed E-state index contributed by atoms with van der Waals surface area (Å²) in [4.78, 5) is 9.68. The lowest BCUT2D eigenvalue weighted by Gasteiger charge is -2.38. The van der Waals surface area contributed by atoms with Crippen LogP contribution in [0.4, 0.5) is 13.2 Å². The van der Waals surface area contributed by atoms with Gasteiger partial charge in [0.1, 0.15) is 5.75 Å². The molecule has 1 saturated carbocycles. The number of aromatic nitrogens is 1. The number of aliphatic imine (C=N–C) groups is 1. The smallest absolute Gasteiger partial charge is 0.416 e. The molecule has 0 spiro atoms. The van der Waals surface area contributed by atoms with Crippen molar-refractivity contribution in [3.05, 3.63) is 45.2 Å². The van der Waals surface area contributed by atoms with Gasteiger partial charge >= 0.3 is 6.18 Å². The minimum atomic E-state index is -4.60. The molecule has 2 aromatic rings. The fourth-order valence-electron chi connectivity index (χ4n) is 3.99. The Morgan fingerprint density at radius 2 is 1.92 bits per heavy atom. The summed E-state index contributed by atoms with van der Waals surface area (Å²) < 4.78 is 73.8. The molecule has 2 fully saturated rings. The van der Waals surface area contributed by atoms with E-state index in [2.05, 4.69) is 9.98 Å². The van der Waals surface area contributed by atoms with Crippen molar-refractivity contribution in [1.29, 1.82) is 5.26 Å². The number of methoxy groups -OCH3 is 1. The summed E-state index contributed by atoms with van der Waals surface area (Å²) in [6, 6.07) is 2.94. The molecule has 1 saturated heterocycles. The normalized spacial score (nSPS) is 18.5. The molecule has 37 heavy (non-hydrogen) atoms. The maximum absolute atomic E-state index is 13.4. The highest BCUT2D eigenvalue weighted by atomic mass is 32.2. The van der Waals surface area contributed by atoms with Crippen molar-refractivity contribution in [2.24, 2.45) is 15.9 Å². The van der Waals surface area contributed by atoms with Crippen LogP contribution in [-0.4, -0.2) is 48.6 Å². The van der Waals surface area contributed by atoms with Crippen LogP contribution in [0.2, 0.25) is 0 Å². The highest BCUT2D eigenvalue weighted by molar-refractivity contribution is 7.90. The lowest BCUT2D eigenvalue weighted by Crippen LogP contribution is -2.52. The average Bonchev–Trinajstić information content (AvgIpc) is 3.56. The zero-order valence-electron chi connectivity index (χ0n) is 20.9. The first kappa shape index (κ1) is 27.3. The highest BCUT2D eigenvalue weighted by Crippen LogP contribution is 2.35. The Bertz CT molecular complexity index is 1420. The predicted molar refractivity (Wildman–Crippen MR) is 134 cm³/mol. The van der Waals surface area contributed by atoms with E-state index in [1.807, 2.05) is 31.5 Å². The number of halogens is 3. The van der Waals surface area contributed by atoms with Crippen molar-refractivity contribution in [1.82, 2.24) is 8.87 Å². The standard InChI is InChI=1S/C24H28F3N5O3S2/c1-23(2,3)20-13-31(10-15-11-32(12-15)37(33,34)17-6-7-17)22(36-20)30-21(29-14-28)18-9-16(24(25,26)27)5-8-19(18)35-4/h5,8-9,13,15,17H,6-7,10-12H2,1-4H3/b29-21+,30-22-. The summed E-state index contributed by atoms with van der Waals surface area (Å²) in [6.45, 7) is 7.38. The van der Waals surface area contributed by atoms with Gasteiger partial charge in [-0.15, -0.1) is 11.3 Å². The fraction of sp³-hybridized carbons (Fsp3) is 0.542. The van der Waals surface area contributed by atoms with Gasteiger partial charge in [0, 0.05) is 36.6 Å². The monoisotopic (exact) mass is 555 g/mol. The van der Waals surface area contributed by atoms with Crippen molar-refractivity contribution in [2.75, 3.05) is 20.2 Å². The van der Waals surface area contributed by atoms with Crippen molar-refractivity contribution >= 4 is 27.2 Å². The Labute approximate surface area is 217 Å².